The van der Waals surface area contributed by atoms with E-state index in [2.05, 4.69) is 43.6 Å². The molecule has 6 nitrogen and oxygen atoms in total. The minimum Gasteiger partial charge on any atom is -0.337 e. The van der Waals surface area contributed by atoms with Crippen molar-refractivity contribution in [1.29, 1.82) is 0 Å². The summed E-state index contributed by atoms with van der Waals surface area (Å²) in [6.45, 7) is 2.61. The predicted octanol–water partition coefficient (Wildman–Crippen LogP) is 2.50. The molecule has 1 atom stereocenters. The Morgan fingerprint density at radius 1 is 1.40 bits per heavy atom. The molecule has 0 aliphatic carbocycles. The molecule has 1 unspecified atom stereocenters. The number of halogens is 1. The van der Waals surface area contributed by atoms with Gasteiger partial charge in [0, 0.05) is 18.1 Å². The number of aryl methyl sites for hydroxylation is 1. The lowest BCUT2D eigenvalue weighted by atomic mass is 10.0. The number of urea groups is 1. The van der Waals surface area contributed by atoms with Crippen molar-refractivity contribution in [2.45, 2.75) is 12.8 Å². The maximum Gasteiger partial charge on any atom is 0.321 e. The van der Waals surface area contributed by atoms with Crippen LogP contribution in [0.3, 0.4) is 0 Å². The normalized spacial score (nSPS) is 11.9. The van der Waals surface area contributed by atoms with E-state index in [0.717, 1.165) is 4.47 Å². The van der Waals surface area contributed by atoms with E-state index in [0.29, 0.717) is 12.5 Å². The van der Waals surface area contributed by atoms with E-state index in [-0.39, 0.29) is 11.9 Å². The highest BCUT2D eigenvalue weighted by Crippen LogP contribution is 2.17. The molecule has 0 saturated carbocycles. The van der Waals surface area contributed by atoms with Gasteiger partial charge in [-0.1, -0.05) is 35.0 Å². The molecule has 2 rings (SSSR count). The number of hydrogen-bond acceptors (Lipinski definition) is 3. The molecule has 7 heteroatoms. The summed E-state index contributed by atoms with van der Waals surface area (Å²) in [6, 6.07) is 7.77. The van der Waals surface area contributed by atoms with Crippen LogP contribution in [0.1, 0.15) is 18.4 Å². The first-order valence-electron chi connectivity index (χ1n) is 6.20. The average Bonchev–Trinajstić information content (AvgIpc) is 2.82. The van der Waals surface area contributed by atoms with Gasteiger partial charge in [-0.3, -0.25) is 5.32 Å². The quantitative estimate of drug-likeness (QED) is 0.900. The van der Waals surface area contributed by atoms with Crippen molar-refractivity contribution >= 4 is 27.9 Å². The van der Waals surface area contributed by atoms with Gasteiger partial charge in [-0.2, -0.15) is 10.1 Å². The number of benzene rings is 1. The van der Waals surface area contributed by atoms with Gasteiger partial charge >= 0.3 is 6.03 Å². The van der Waals surface area contributed by atoms with Crippen LogP contribution >= 0.6 is 15.9 Å². The average molecular weight is 338 g/mol. The monoisotopic (exact) mass is 337 g/mol. The molecular weight excluding hydrogens is 322 g/mol. The summed E-state index contributed by atoms with van der Waals surface area (Å²) in [4.78, 5) is 15.7. The second kappa shape index (κ2) is 6.51. The summed E-state index contributed by atoms with van der Waals surface area (Å²) in [7, 11) is 1.72. The fourth-order valence-corrected chi connectivity index (χ4v) is 1.97. The molecule has 0 aliphatic heterocycles. The van der Waals surface area contributed by atoms with Gasteiger partial charge in [0.2, 0.25) is 5.95 Å². The number of nitrogens with zero attached hydrogens (tertiary/aromatic N) is 3. The van der Waals surface area contributed by atoms with E-state index in [9.17, 15) is 4.79 Å². The number of aromatic nitrogens is 3. The second-order valence-electron chi connectivity index (χ2n) is 4.49. The number of carbonyl (C=O) groups excluding carboxylic acids is 1. The minimum absolute atomic E-state index is 0.230. The highest BCUT2D eigenvalue weighted by Gasteiger charge is 2.09. The molecule has 2 aromatic rings. The number of rotatable bonds is 4. The van der Waals surface area contributed by atoms with Crippen molar-refractivity contribution in [2.24, 2.45) is 7.05 Å². The summed E-state index contributed by atoms with van der Waals surface area (Å²) < 4.78 is 2.54. The van der Waals surface area contributed by atoms with Gasteiger partial charge in [-0.25, -0.2) is 9.48 Å². The molecule has 0 fully saturated rings. The number of anilines is 1. The zero-order valence-corrected chi connectivity index (χ0v) is 12.9. The van der Waals surface area contributed by atoms with Gasteiger partial charge in [-0.05, 0) is 23.6 Å². The molecule has 106 valence electrons. The molecule has 0 radical (unpaired) electrons. The molecule has 1 heterocycles. The summed E-state index contributed by atoms with van der Waals surface area (Å²) >= 11 is 3.40. The van der Waals surface area contributed by atoms with E-state index < -0.39 is 0 Å². The molecule has 1 aromatic heterocycles. The Morgan fingerprint density at radius 3 is 2.70 bits per heavy atom. The fourth-order valence-electron chi connectivity index (χ4n) is 1.71. The minimum atomic E-state index is -0.287. The third-order valence-electron chi connectivity index (χ3n) is 2.94. The number of nitrogens with one attached hydrogen (secondary N) is 2. The molecule has 2 N–H and O–H groups in total. The molecule has 0 aliphatic rings. The van der Waals surface area contributed by atoms with Gasteiger partial charge in [-0.15, -0.1) is 0 Å². The first-order valence-corrected chi connectivity index (χ1v) is 7.00. The van der Waals surface area contributed by atoms with Crippen LogP contribution in [0.2, 0.25) is 0 Å². The van der Waals surface area contributed by atoms with Gasteiger partial charge in [0.15, 0.2) is 0 Å². The third-order valence-corrected chi connectivity index (χ3v) is 3.47. The lowest BCUT2D eigenvalue weighted by Gasteiger charge is -2.13. The Bertz CT molecular complexity index is 581. The van der Waals surface area contributed by atoms with Gasteiger partial charge in [0.05, 0.1) is 0 Å². The molecule has 0 bridgehead atoms. The summed E-state index contributed by atoms with van der Waals surface area (Å²) in [5.74, 6) is 0.646. The predicted molar refractivity (Wildman–Crippen MR) is 80.6 cm³/mol. The van der Waals surface area contributed by atoms with Crippen molar-refractivity contribution < 1.29 is 4.79 Å². The van der Waals surface area contributed by atoms with Crippen LogP contribution in [0.15, 0.2) is 35.1 Å². The summed E-state index contributed by atoms with van der Waals surface area (Å²) in [5.41, 5.74) is 1.17. The van der Waals surface area contributed by atoms with E-state index in [4.69, 9.17) is 0 Å². The van der Waals surface area contributed by atoms with Crippen LogP contribution in [-0.4, -0.2) is 27.3 Å². The van der Waals surface area contributed by atoms with Gasteiger partial charge in [0.1, 0.15) is 6.33 Å². The largest absolute Gasteiger partial charge is 0.337 e. The van der Waals surface area contributed by atoms with Gasteiger partial charge < -0.3 is 5.32 Å². The molecule has 2 amide bonds. The van der Waals surface area contributed by atoms with Crippen LogP contribution in [-0.2, 0) is 7.05 Å². The first-order chi connectivity index (χ1) is 9.56. The molecule has 0 spiro atoms. The Kier molecular flexibility index (Phi) is 4.73. The van der Waals surface area contributed by atoms with E-state index in [1.165, 1.54) is 16.6 Å². The molecule has 1 aromatic carbocycles. The highest BCUT2D eigenvalue weighted by molar-refractivity contribution is 9.10. The van der Waals surface area contributed by atoms with E-state index in [1.807, 2.05) is 24.3 Å². The van der Waals surface area contributed by atoms with Crippen molar-refractivity contribution in [1.82, 2.24) is 20.1 Å². The molecule has 20 heavy (non-hydrogen) atoms. The number of amides is 2. The third kappa shape index (κ3) is 3.80. The van der Waals surface area contributed by atoms with E-state index >= 15 is 0 Å². The van der Waals surface area contributed by atoms with Crippen LogP contribution in [0.5, 0.6) is 0 Å². The number of hydrogen-bond donors (Lipinski definition) is 2. The first kappa shape index (κ1) is 14.5. The van der Waals surface area contributed by atoms with Crippen molar-refractivity contribution in [3.05, 3.63) is 40.6 Å². The zero-order chi connectivity index (χ0) is 14.5. The van der Waals surface area contributed by atoms with E-state index in [1.54, 1.807) is 7.05 Å². The van der Waals surface area contributed by atoms with Crippen LogP contribution in [0, 0.1) is 0 Å². The Hall–Kier alpha value is -1.89. The topological polar surface area (TPSA) is 71.8 Å². The van der Waals surface area contributed by atoms with Crippen molar-refractivity contribution in [3.63, 3.8) is 0 Å². The van der Waals surface area contributed by atoms with Crippen LogP contribution in [0.4, 0.5) is 10.7 Å². The van der Waals surface area contributed by atoms with Gasteiger partial charge in [0.25, 0.3) is 0 Å². The maximum absolute atomic E-state index is 11.7. The Morgan fingerprint density at radius 2 is 2.10 bits per heavy atom. The maximum atomic E-state index is 11.7. The molecule has 0 saturated heterocycles. The zero-order valence-electron chi connectivity index (χ0n) is 11.3. The highest BCUT2D eigenvalue weighted by atomic mass is 79.9. The lowest BCUT2D eigenvalue weighted by Crippen LogP contribution is -2.32. The summed E-state index contributed by atoms with van der Waals surface area (Å²) in [6.07, 6.45) is 1.39. The second-order valence-corrected chi connectivity index (χ2v) is 5.41. The van der Waals surface area contributed by atoms with Crippen LogP contribution in [0.25, 0.3) is 0 Å². The SMILES string of the molecule is CC(CNC(=O)Nc1ncnn1C)c1ccc(Br)cc1. The molecular formula is C13H16BrN5O. The standard InChI is InChI=1S/C13H16BrN5O/c1-9(10-3-5-11(14)6-4-10)7-15-13(20)18-12-16-8-17-19(12)2/h3-6,8-9H,7H2,1-2H3,(H2,15,16,17,18,20). The van der Waals surface area contributed by atoms with Crippen LogP contribution < -0.4 is 10.6 Å². The smallest absolute Gasteiger partial charge is 0.321 e. The Balaban J connectivity index is 1.84. The van der Waals surface area contributed by atoms with Crippen molar-refractivity contribution in [3.8, 4) is 0 Å². The summed E-state index contributed by atoms with van der Waals surface area (Å²) in [5, 5.41) is 9.34. The lowest BCUT2D eigenvalue weighted by molar-refractivity contribution is 0.251. The van der Waals surface area contributed by atoms with Crippen molar-refractivity contribution in [2.75, 3.05) is 11.9 Å². The Labute approximate surface area is 125 Å². The number of carbonyl (C=O) groups is 1. The fraction of sp³-hybridized carbons (Fsp3) is 0.308.